The molecule has 118 valence electrons. The molecule has 7 heteroatoms. The van der Waals surface area contributed by atoms with Crippen LogP contribution >= 0.6 is 23.2 Å². The average Bonchev–Trinajstić information content (AvgIpc) is 2.89. The summed E-state index contributed by atoms with van der Waals surface area (Å²) < 4.78 is 27.0. The first-order valence-corrected chi connectivity index (χ1v) is 9.15. The van der Waals surface area contributed by atoms with Gasteiger partial charge in [-0.15, -0.1) is 0 Å². The Morgan fingerprint density at radius 2 is 2.05 bits per heavy atom. The second-order valence-corrected chi connectivity index (χ2v) is 8.39. The van der Waals surface area contributed by atoms with Crippen LogP contribution in [0.15, 0.2) is 17.0 Å². The smallest absolute Gasteiger partial charge is 0.244 e. The fourth-order valence-corrected chi connectivity index (χ4v) is 5.04. The van der Waals surface area contributed by atoms with E-state index in [0.717, 1.165) is 6.42 Å². The maximum atomic E-state index is 12.8. The summed E-state index contributed by atoms with van der Waals surface area (Å²) in [5, 5.41) is 0.529. The highest BCUT2D eigenvalue weighted by Crippen LogP contribution is 2.35. The molecule has 0 aromatic heterocycles. The summed E-state index contributed by atoms with van der Waals surface area (Å²) >= 11 is 12.2. The normalized spacial score (nSPS) is 20.4. The molecular formula is C14H20Cl2N2O2S. The Hall–Kier alpha value is -0.330. The molecule has 2 rings (SSSR count). The predicted octanol–water partition coefficient (Wildman–Crippen LogP) is 3.12. The molecule has 0 bridgehead atoms. The van der Waals surface area contributed by atoms with E-state index in [4.69, 9.17) is 28.9 Å². The number of nitrogens with zero attached hydrogens (tertiary/aromatic N) is 1. The molecule has 21 heavy (non-hydrogen) atoms. The fourth-order valence-electron chi connectivity index (χ4n) is 2.62. The fraction of sp³-hybridized carbons (Fsp3) is 0.571. The largest absolute Gasteiger partial charge is 0.326 e. The van der Waals surface area contributed by atoms with Gasteiger partial charge in [0.25, 0.3) is 0 Å². The van der Waals surface area contributed by atoms with Crippen LogP contribution < -0.4 is 5.73 Å². The zero-order valence-electron chi connectivity index (χ0n) is 12.1. The number of sulfonamides is 1. The van der Waals surface area contributed by atoms with Crippen molar-refractivity contribution < 1.29 is 8.42 Å². The molecule has 0 spiro atoms. The van der Waals surface area contributed by atoms with E-state index < -0.39 is 10.0 Å². The number of halogens is 2. The Balaban J connectivity index is 2.38. The number of hydrogen-bond acceptors (Lipinski definition) is 3. The molecule has 0 saturated carbocycles. The summed E-state index contributed by atoms with van der Waals surface area (Å²) in [7, 11) is -3.60. The number of rotatable bonds is 4. The lowest BCUT2D eigenvalue weighted by Crippen LogP contribution is -2.30. The van der Waals surface area contributed by atoms with E-state index in [0.29, 0.717) is 35.5 Å². The van der Waals surface area contributed by atoms with Gasteiger partial charge in [0, 0.05) is 30.2 Å². The lowest BCUT2D eigenvalue weighted by Gasteiger charge is -2.20. The minimum Gasteiger partial charge on any atom is -0.326 e. The topological polar surface area (TPSA) is 63.4 Å². The Morgan fingerprint density at radius 1 is 1.38 bits per heavy atom. The standard InChI is InChI=1S/C14H20Cl2N2O2S/c1-9(2)10-5-6-18(8-10)21(19,20)13-4-3-12(15)11(7-17)14(13)16/h3-4,9-10H,5-8,17H2,1-2H3. The summed E-state index contributed by atoms with van der Waals surface area (Å²) in [5.74, 6) is 0.852. The molecule has 1 atom stereocenters. The van der Waals surface area contributed by atoms with Crippen molar-refractivity contribution >= 4 is 33.2 Å². The molecule has 4 nitrogen and oxygen atoms in total. The van der Waals surface area contributed by atoms with Crippen LogP contribution in [-0.4, -0.2) is 25.8 Å². The van der Waals surface area contributed by atoms with E-state index in [9.17, 15) is 8.42 Å². The van der Waals surface area contributed by atoms with Crippen molar-refractivity contribution in [2.75, 3.05) is 13.1 Å². The third-order valence-corrected chi connectivity index (χ3v) is 6.91. The summed E-state index contributed by atoms with van der Waals surface area (Å²) in [4.78, 5) is 0.0958. The molecule has 1 aliphatic heterocycles. The Morgan fingerprint density at radius 3 is 2.57 bits per heavy atom. The van der Waals surface area contributed by atoms with E-state index in [-0.39, 0.29) is 16.5 Å². The van der Waals surface area contributed by atoms with Crippen molar-refractivity contribution in [1.29, 1.82) is 0 Å². The number of nitrogens with two attached hydrogens (primary N) is 1. The minimum atomic E-state index is -3.60. The van der Waals surface area contributed by atoms with Crippen LogP contribution in [0.4, 0.5) is 0 Å². The van der Waals surface area contributed by atoms with Gasteiger partial charge in [0.1, 0.15) is 4.90 Å². The van der Waals surface area contributed by atoms with Crippen molar-refractivity contribution in [3.63, 3.8) is 0 Å². The van der Waals surface area contributed by atoms with Gasteiger partial charge in [0.2, 0.25) is 10.0 Å². The summed E-state index contributed by atoms with van der Waals surface area (Å²) in [5.41, 5.74) is 6.07. The second-order valence-electron chi connectivity index (χ2n) is 5.70. The third-order valence-electron chi connectivity index (χ3n) is 4.10. The van der Waals surface area contributed by atoms with Crippen LogP contribution in [0.25, 0.3) is 0 Å². The maximum Gasteiger partial charge on any atom is 0.244 e. The summed E-state index contributed by atoms with van der Waals surface area (Å²) in [6.45, 7) is 5.40. The highest BCUT2D eigenvalue weighted by atomic mass is 35.5. The van der Waals surface area contributed by atoms with Gasteiger partial charge in [-0.1, -0.05) is 37.0 Å². The van der Waals surface area contributed by atoms with E-state index in [1.165, 1.54) is 10.4 Å². The molecule has 1 unspecified atom stereocenters. The Bertz CT molecular complexity index is 632. The first-order valence-electron chi connectivity index (χ1n) is 6.96. The van der Waals surface area contributed by atoms with Crippen LogP contribution in [0.5, 0.6) is 0 Å². The molecule has 2 N–H and O–H groups in total. The van der Waals surface area contributed by atoms with Crippen molar-refractivity contribution in [2.45, 2.75) is 31.7 Å². The van der Waals surface area contributed by atoms with E-state index in [1.807, 2.05) is 0 Å². The number of hydrogen-bond donors (Lipinski definition) is 1. The third kappa shape index (κ3) is 3.22. The molecule has 1 fully saturated rings. The van der Waals surface area contributed by atoms with Gasteiger partial charge in [0.05, 0.1) is 5.02 Å². The molecule has 1 aromatic rings. The van der Waals surface area contributed by atoms with Gasteiger partial charge < -0.3 is 5.73 Å². The van der Waals surface area contributed by atoms with Crippen LogP contribution in [0.3, 0.4) is 0 Å². The average molecular weight is 351 g/mol. The van der Waals surface area contributed by atoms with E-state index >= 15 is 0 Å². The zero-order chi connectivity index (χ0) is 15.8. The summed E-state index contributed by atoms with van der Waals surface area (Å²) in [6.07, 6.45) is 0.881. The highest BCUT2D eigenvalue weighted by molar-refractivity contribution is 7.89. The van der Waals surface area contributed by atoms with Gasteiger partial charge >= 0.3 is 0 Å². The second kappa shape index (κ2) is 6.42. The zero-order valence-corrected chi connectivity index (χ0v) is 14.5. The first kappa shape index (κ1) is 17.0. The van der Waals surface area contributed by atoms with Gasteiger partial charge in [-0.25, -0.2) is 8.42 Å². The molecule has 1 aromatic carbocycles. The molecule has 0 radical (unpaired) electrons. The molecule has 1 saturated heterocycles. The van der Waals surface area contributed by atoms with Gasteiger partial charge in [-0.2, -0.15) is 4.31 Å². The van der Waals surface area contributed by atoms with Crippen LogP contribution in [-0.2, 0) is 16.6 Å². The van der Waals surface area contributed by atoms with Crippen LogP contribution in [0, 0.1) is 11.8 Å². The quantitative estimate of drug-likeness (QED) is 0.907. The molecule has 0 amide bonds. The molecular weight excluding hydrogens is 331 g/mol. The van der Waals surface area contributed by atoms with E-state index in [1.54, 1.807) is 6.07 Å². The monoisotopic (exact) mass is 350 g/mol. The van der Waals surface area contributed by atoms with Gasteiger partial charge in [0.15, 0.2) is 0 Å². The minimum absolute atomic E-state index is 0.0958. The summed E-state index contributed by atoms with van der Waals surface area (Å²) in [6, 6.07) is 3.00. The lowest BCUT2D eigenvalue weighted by molar-refractivity contribution is 0.388. The molecule has 0 aliphatic carbocycles. The van der Waals surface area contributed by atoms with Gasteiger partial charge in [-0.05, 0) is 30.4 Å². The lowest BCUT2D eigenvalue weighted by atomic mass is 9.96. The maximum absolute atomic E-state index is 12.8. The van der Waals surface area contributed by atoms with Crippen molar-refractivity contribution in [3.05, 3.63) is 27.7 Å². The Labute approximate surface area is 136 Å². The van der Waals surface area contributed by atoms with Crippen LogP contribution in [0.1, 0.15) is 25.8 Å². The van der Waals surface area contributed by atoms with E-state index in [2.05, 4.69) is 13.8 Å². The number of benzene rings is 1. The highest BCUT2D eigenvalue weighted by Gasteiger charge is 2.35. The van der Waals surface area contributed by atoms with Crippen LogP contribution in [0.2, 0.25) is 10.0 Å². The van der Waals surface area contributed by atoms with Crippen molar-refractivity contribution in [2.24, 2.45) is 17.6 Å². The van der Waals surface area contributed by atoms with Gasteiger partial charge in [-0.3, -0.25) is 0 Å². The van der Waals surface area contributed by atoms with Crippen molar-refractivity contribution in [3.8, 4) is 0 Å². The first-order chi connectivity index (χ1) is 9.78. The Kier molecular flexibility index (Phi) is 5.21. The molecule has 1 aliphatic rings. The SMILES string of the molecule is CC(C)C1CCN(S(=O)(=O)c2ccc(Cl)c(CN)c2Cl)C1. The van der Waals surface area contributed by atoms with Crippen molar-refractivity contribution in [1.82, 2.24) is 4.31 Å². The molecule has 1 heterocycles. The predicted molar refractivity (Wildman–Crippen MR) is 86.1 cm³/mol.